The highest BCUT2D eigenvalue weighted by molar-refractivity contribution is 7.13. The molecule has 4 heterocycles. The Morgan fingerprint density at radius 2 is 2.31 bits per heavy atom. The quantitative estimate of drug-likeness (QED) is 0.547. The highest BCUT2D eigenvalue weighted by Crippen LogP contribution is 2.36. The number of imidazole rings is 1. The van der Waals surface area contributed by atoms with E-state index in [9.17, 15) is 5.11 Å². The van der Waals surface area contributed by atoms with Crippen LogP contribution in [0.4, 0.5) is 0 Å². The zero-order chi connectivity index (χ0) is 18.1. The van der Waals surface area contributed by atoms with Crippen molar-refractivity contribution in [3.63, 3.8) is 0 Å². The van der Waals surface area contributed by atoms with Crippen LogP contribution in [-0.4, -0.2) is 37.3 Å². The van der Waals surface area contributed by atoms with Gasteiger partial charge in [-0.3, -0.25) is 4.57 Å². The van der Waals surface area contributed by atoms with Gasteiger partial charge in [-0.2, -0.15) is 0 Å². The molecule has 8 heteroatoms. The molecule has 0 unspecified atom stereocenters. The van der Waals surface area contributed by atoms with Crippen LogP contribution < -0.4 is 0 Å². The van der Waals surface area contributed by atoms with Gasteiger partial charge in [0, 0.05) is 12.8 Å². The van der Waals surface area contributed by atoms with Crippen molar-refractivity contribution in [2.24, 2.45) is 0 Å². The van der Waals surface area contributed by atoms with Gasteiger partial charge in [-0.05, 0) is 23.8 Å². The maximum Gasteiger partial charge on any atom is 0.208 e. The number of ether oxygens (including phenoxy) is 1. The first kappa shape index (κ1) is 17.4. The summed E-state index contributed by atoms with van der Waals surface area (Å²) >= 11 is 7.92. The molecule has 3 aromatic rings. The van der Waals surface area contributed by atoms with Gasteiger partial charge in [0.2, 0.25) is 5.82 Å². The summed E-state index contributed by atoms with van der Waals surface area (Å²) in [4.78, 5) is 14.4. The number of unbranched alkanes of at least 4 members (excludes halogenated alkanes) is 1. The summed E-state index contributed by atoms with van der Waals surface area (Å²) in [5, 5.41) is 12.6. The van der Waals surface area contributed by atoms with Crippen LogP contribution in [0.3, 0.4) is 0 Å². The first-order valence-corrected chi connectivity index (χ1v) is 9.72. The predicted molar refractivity (Wildman–Crippen MR) is 101 cm³/mol. The third kappa shape index (κ3) is 3.10. The second kappa shape index (κ2) is 7.33. The van der Waals surface area contributed by atoms with E-state index in [-0.39, 0.29) is 5.15 Å². The molecule has 1 saturated heterocycles. The van der Waals surface area contributed by atoms with Gasteiger partial charge in [0.1, 0.15) is 11.6 Å². The fourth-order valence-corrected chi connectivity index (χ4v) is 3.81. The Hall–Kier alpha value is -1.98. The van der Waals surface area contributed by atoms with Crippen LogP contribution in [0.2, 0.25) is 5.15 Å². The molecule has 4 rings (SSSR count). The maximum atomic E-state index is 10.4. The van der Waals surface area contributed by atoms with Gasteiger partial charge < -0.3 is 9.84 Å². The fourth-order valence-electron chi connectivity index (χ4n) is 2.89. The Bertz CT molecular complexity index is 990. The topological polar surface area (TPSA) is 73.1 Å². The number of hydrogen-bond donors (Lipinski definition) is 1. The number of rotatable bonds is 3. The summed E-state index contributed by atoms with van der Waals surface area (Å²) < 4.78 is 7.59. The zero-order valence-corrected chi connectivity index (χ0v) is 15.7. The number of aliphatic hydroxyl groups excluding tert-OH is 1. The third-order valence-corrected chi connectivity index (χ3v) is 5.23. The van der Waals surface area contributed by atoms with Gasteiger partial charge in [0.15, 0.2) is 22.9 Å². The number of aliphatic hydroxyl groups is 1. The van der Waals surface area contributed by atoms with E-state index in [0.717, 1.165) is 17.7 Å². The van der Waals surface area contributed by atoms with E-state index in [1.807, 2.05) is 22.1 Å². The summed E-state index contributed by atoms with van der Waals surface area (Å²) in [5.74, 6) is 7.00. The highest BCUT2D eigenvalue weighted by Gasteiger charge is 2.33. The van der Waals surface area contributed by atoms with E-state index in [0.29, 0.717) is 35.8 Å². The van der Waals surface area contributed by atoms with Crippen molar-refractivity contribution in [1.82, 2.24) is 19.5 Å². The molecule has 0 saturated carbocycles. The smallest absolute Gasteiger partial charge is 0.208 e. The SMILES string of the molecule is CCCC#Cc1nc(Cl)c2nc(-c3cccs3)n([C@@H]3OCC[C@H]3O)c2n1. The first-order chi connectivity index (χ1) is 12.7. The number of hydrogen-bond acceptors (Lipinski definition) is 6. The third-order valence-electron chi connectivity index (χ3n) is 4.10. The van der Waals surface area contributed by atoms with E-state index in [1.54, 1.807) is 11.3 Å². The van der Waals surface area contributed by atoms with Crippen molar-refractivity contribution in [3.8, 4) is 22.5 Å². The lowest BCUT2D eigenvalue weighted by molar-refractivity contribution is -0.00513. The summed E-state index contributed by atoms with van der Waals surface area (Å²) in [6.07, 6.45) is 1.11. The average molecular weight is 389 g/mol. The van der Waals surface area contributed by atoms with E-state index in [4.69, 9.17) is 16.3 Å². The summed E-state index contributed by atoms with van der Waals surface area (Å²) in [6.45, 7) is 2.55. The van der Waals surface area contributed by atoms with Gasteiger partial charge in [0.05, 0.1) is 11.5 Å². The average Bonchev–Trinajstić information content (AvgIpc) is 3.34. The molecule has 1 N–H and O–H groups in total. The van der Waals surface area contributed by atoms with Crippen LogP contribution in [0.5, 0.6) is 0 Å². The Morgan fingerprint density at radius 3 is 3.00 bits per heavy atom. The molecular weight excluding hydrogens is 372 g/mol. The van der Waals surface area contributed by atoms with Crippen molar-refractivity contribution >= 4 is 34.1 Å². The predicted octanol–water partition coefficient (Wildman–Crippen LogP) is 3.64. The minimum Gasteiger partial charge on any atom is -0.388 e. The molecule has 1 aliphatic heterocycles. The highest BCUT2D eigenvalue weighted by atomic mass is 35.5. The number of thiophene rings is 1. The van der Waals surface area contributed by atoms with Crippen LogP contribution in [-0.2, 0) is 4.74 Å². The molecule has 1 fully saturated rings. The molecule has 3 aromatic heterocycles. The lowest BCUT2D eigenvalue weighted by atomic mass is 10.2. The molecular formula is C18H17ClN4O2S. The van der Waals surface area contributed by atoms with E-state index in [1.165, 1.54) is 0 Å². The van der Waals surface area contributed by atoms with Crippen molar-refractivity contribution < 1.29 is 9.84 Å². The lowest BCUT2D eigenvalue weighted by Gasteiger charge is -2.18. The second-order valence-electron chi connectivity index (χ2n) is 5.96. The van der Waals surface area contributed by atoms with Crippen LogP contribution in [0, 0.1) is 11.8 Å². The number of nitrogens with zero attached hydrogens (tertiary/aromatic N) is 4. The van der Waals surface area contributed by atoms with Gasteiger partial charge in [-0.15, -0.1) is 11.3 Å². The van der Waals surface area contributed by atoms with Crippen LogP contribution in [0.1, 0.15) is 38.2 Å². The summed E-state index contributed by atoms with van der Waals surface area (Å²) in [5.41, 5.74) is 1.01. The summed E-state index contributed by atoms with van der Waals surface area (Å²) in [6, 6.07) is 3.91. The molecule has 0 spiro atoms. The van der Waals surface area contributed by atoms with Crippen molar-refractivity contribution in [2.45, 2.75) is 38.5 Å². The van der Waals surface area contributed by atoms with E-state index < -0.39 is 12.3 Å². The molecule has 0 amide bonds. The molecule has 2 atom stereocenters. The standard InChI is InChI=1S/C18H17ClN4O2S/c1-2-3-4-7-13-20-15(19)14-17(21-13)23(18-11(24)8-9-25-18)16(22-14)12-6-5-10-26-12/h5-6,10-11,18,24H,2-3,8-9H2,1H3/t11-,18-/m1/s1. The monoisotopic (exact) mass is 388 g/mol. The summed E-state index contributed by atoms with van der Waals surface area (Å²) in [7, 11) is 0. The van der Waals surface area contributed by atoms with Crippen LogP contribution in [0.15, 0.2) is 17.5 Å². The Labute approximate surface area is 159 Å². The van der Waals surface area contributed by atoms with Crippen LogP contribution >= 0.6 is 22.9 Å². The first-order valence-electron chi connectivity index (χ1n) is 8.47. The molecule has 6 nitrogen and oxygen atoms in total. The zero-order valence-electron chi connectivity index (χ0n) is 14.1. The normalized spacial score (nSPS) is 19.7. The molecule has 26 heavy (non-hydrogen) atoms. The van der Waals surface area contributed by atoms with Gasteiger partial charge >= 0.3 is 0 Å². The van der Waals surface area contributed by atoms with Gasteiger partial charge in [-0.1, -0.05) is 30.5 Å². The fraction of sp³-hybridized carbons (Fsp3) is 0.389. The van der Waals surface area contributed by atoms with Gasteiger partial charge in [-0.25, -0.2) is 15.0 Å². The number of halogens is 1. The largest absolute Gasteiger partial charge is 0.388 e. The molecule has 1 aliphatic rings. The van der Waals surface area contributed by atoms with E-state index in [2.05, 4.69) is 33.7 Å². The molecule has 0 aliphatic carbocycles. The molecule has 0 radical (unpaired) electrons. The lowest BCUT2D eigenvalue weighted by Crippen LogP contribution is -2.20. The molecule has 0 aromatic carbocycles. The Kier molecular flexibility index (Phi) is 4.92. The van der Waals surface area contributed by atoms with Crippen molar-refractivity contribution in [1.29, 1.82) is 0 Å². The second-order valence-corrected chi connectivity index (χ2v) is 7.27. The van der Waals surface area contributed by atoms with Crippen molar-refractivity contribution in [3.05, 3.63) is 28.5 Å². The minimum atomic E-state index is -0.630. The maximum absolute atomic E-state index is 10.4. The minimum absolute atomic E-state index is 0.250. The van der Waals surface area contributed by atoms with Gasteiger partial charge in [0.25, 0.3) is 0 Å². The molecule has 134 valence electrons. The van der Waals surface area contributed by atoms with E-state index >= 15 is 0 Å². The van der Waals surface area contributed by atoms with Crippen LogP contribution in [0.25, 0.3) is 21.9 Å². The molecule has 0 bridgehead atoms. The Morgan fingerprint density at radius 1 is 1.42 bits per heavy atom. The van der Waals surface area contributed by atoms with Crippen molar-refractivity contribution in [2.75, 3.05) is 6.61 Å². The Balaban J connectivity index is 1.94. The number of aromatic nitrogens is 4. The number of fused-ring (bicyclic) bond motifs is 1.